The molecule has 0 bridgehead atoms. The molecule has 1 atom stereocenters. The molecule has 0 fully saturated rings. The Bertz CT molecular complexity index is 1250. The molecular weight excluding hydrogens is 446 g/mol. The number of amides is 2. The summed E-state index contributed by atoms with van der Waals surface area (Å²) in [6.45, 7) is 0. The summed E-state index contributed by atoms with van der Waals surface area (Å²) in [5.74, 6) is 0.321. The predicted octanol–water partition coefficient (Wildman–Crippen LogP) is 5.81. The molecule has 4 rings (SSSR count). The van der Waals surface area contributed by atoms with Gasteiger partial charge in [-0.1, -0.05) is 36.4 Å². The van der Waals surface area contributed by atoms with Gasteiger partial charge in [0.25, 0.3) is 5.91 Å². The summed E-state index contributed by atoms with van der Waals surface area (Å²) < 4.78 is 5.14. The summed E-state index contributed by atoms with van der Waals surface area (Å²) in [6.07, 6.45) is 3.27. The molecule has 0 aliphatic heterocycles. The Morgan fingerprint density at radius 3 is 2.26 bits per heavy atom. The summed E-state index contributed by atoms with van der Waals surface area (Å²) >= 11 is 1.42. The third-order valence-corrected chi connectivity index (χ3v) is 6.23. The molecule has 0 aliphatic rings. The van der Waals surface area contributed by atoms with E-state index in [2.05, 4.69) is 15.6 Å². The first-order valence-electron chi connectivity index (χ1n) is 10.6. The Labute approximate surface area is 202 Å². The lowest BCUT2D eigenvalue weighted by Gasteiger charge is -2.17. The lowest BCUT2D eigenvalue weighted by atomic mass is 10.1. The zero-order valence-electron chi connectivity index (χ0n) is 18.5. The van der Waals surface area contributed by atoms with Crippen molar-refractivity contribution in [3.63, 3.8) is 0 Å². The van der Waals surface area contributed by atoms with Crippen molar-refractivity contribution in [3.05, 3.63) is 115 Å². The Kier molecular flexibility index (Phi) is 7.57. The second-order valence-corrected chi connectivity index (χ2v) is 8.52. The first-order chi connectivity index (χ1) is 16.6. The number of hydrogen-bond acceptors (Lipinski definition) is 5. The Morgan fingerprint density at radius 2 is 1.56 bits per heavy atom. The average molecular weight is 470 g/mol. The molecule has 170 valence electrons. The van der Waals surface area contributed by atoms with E-state index >= 15 is 0 Å². The first kappa shape index (κ1) is 23.1. The van der Waals surface area contributed by atoms with Gasteiger partial charge in [0, 0.05) is 34.2 Å². The molecule has 4 aromatic rings. The van der Waals surface area contributed by atoms with Crippen LogP contribution in [0.2, 0.25) is 0 Å². The standard InChI is InChI=1S/C27H23N3O3S/c1-33-23-12-10-20(11-13-23)26(31)30-22-8-5-9-24(18-22)34-25(19-6-3-2-4-7-19)27(32)29-21-14-16-28-17-15-21/h2-18,25H,1H3,(H,30,31)(H,28,29,32). The summed E-state index contributed by atoms with van der Waals surface area (Å²) in [4.78, 5) is 30.7. The number of nitrogens with zero attached hydrogens (tertiary/aromatic N) is 1. The Balaban J connectivity index is 1.51. The van der Waals surface area contributed by atoms with Crippen molar-refractivity contribution in [2.24, 2.45) is 0 Å². The first-order valence-corrected chi connectivity index (χ1v) is 11.5. The topological polar surface area (TPSA) is 80.3 Å². The molecule has 34 heavy (non-hydrogen) atoms. The minimum absolute atomic E-state index is 0.143. The molecule has 7 heteroatoms. The molecule has 2 amide bonds. The highest BCUT2D eigenvalue weighted by atomic mass is 32.2. The highest BCUT2D eigenvalue weighted by molar-refractivity contribution is 8.00. The average Bonchev–Trinajstić information content (AvgIpc) is 2.88. The van der Waals surface area contributed by atoms with Crippen LogP contribution >= 0.6 is 11.8 Å². The largest absolute Gasteiger partial charge is 0.497 e. The van der Waals surface area contributed by atoms with Crippen LogP contribution in [0.3, 0.4) is 0 Å². The van der Waals surface area contributed by atoms with E-state index < -0.39 is 5.25 Å². The molecule has 1 aromatic heterocycles. The molecule has 3 aromatic carbocycles. The fourth-order valence-electron chi connectivity index (χ4n) is 3.27. The fraction of sp³-hybridized carbons (Fsp3) is 0.0741. The molecule has 0 aliphatic carbocycles. The van der Waals surface area contributed by atoms with Crippen LogP contribution in [0.4, 0.5) is 11.4 Å². The number of methoxy groups -OCH3 is 1. The van der Waals surface area contributed by atoms with E-state index in [-0.39, 0.29) is 11.8 Å². The van der Waals surface area contributed by atoms with Gasteiger partial charge >= 0.3 is 0 Å². The number of benzene rings is 3. The number of carbonyl (C=O) groups is 2. The van der Waals surface area contributed by atoms with Crippen LogP contribution in [-0.2, 0) is 4.79 Å². The van der Waals surface area contributed by atoms with Crippen molar-refractivity contribution in [2.75, 3.05) is 17.7 Å². The summed E-state index contributed by atoms with van der Waals surface area (Å²) in [6, 6.07) is 27.5. The van der Waals surface area contributed by atoms with Crippen LogP contribution in [0.1, 0.15) is 21.2 Å². The quantitative estimate of drug-likeness (QED) is 0.318. The molecular formula is C27H23N3O3S. The van der Waals surface area contributed by atoms with Crippen LogP contribution in [-0.4, -0.2) is 23.9 Å². The number of pyridine rings is 1. The van der Waals surface area contributed by atoms with Crippen LogP contribution in [0.5, 0.6) is 5.75 Å². The second-order valence-electron chi connectivity index (χ2n) is 7.34. The maximum atomic E-state index is 13.2. The number of hydrogen-bond donors (Lipinski definition) is 2. The highest BCUT2D eigenvalue weighted by Gasteiger charge is 2.22. The van der Waals surface area contributed by atoms with Gasteiger partial charge in [-0.05, 0) is 60.2 Å². The van der Waals surface area contributed by atoms with E-state index in [1.807, 2.05) is 54.6 Å². The molecule has 1 unspecified atom stereocenters. The number of aromatic nitrogens is 1. The van der Waals surface area contributed by atoms with Crippen LogP contribution in [0, 0.1) is 0 Å². The third kappa shape index (κ3) is 6.02. The Hall–Kier alpha value is -4.10. The van der Waals surface area contributed by atoms with Crippen LogP contribution in [0.15, 0.2) is 108 Å². The van der Waals surface area contributed by atoms with Gasteiger partial charge in [-0.15, -0.1) is 11.8 Å². The summed E-state index contributed by atoms with van der Waals surface area (Å²) in [7, 11) is 1.58. The lowest BCUT2D eigenvalue weighted by Crippen LogP contribution is -2.19. The number of carbonyl (C=O) groups excluding carboxylic acids is 2. The summed E-state index contributed by atoms with van der Waals surface area (Å²) in [5.41, 5.74) is 2.73. The van der Waals surface area contributed by atoms with E-state index in [1.54, 1.807) is 55.9 Å². The van der Waals surface area contributed by atoms with Gasteiger partial charge in [0.1, 0.15) is 11.0 Å². The minimum atomic E-state index is -0.484. The van der Waals surface area contributed by atoms with Gasteiger partial charge < -0.3 is 15.4 Å². The zero-order chi connectivity index (χ0) is 23.8. The molecule has 0 saturated carbocycles. The van der Waals surface area contributed by atoms with E-state index in [0.717, 1.165) is 10.5 Å². The van der Waals surface area contributed by atoms with Crippen molar-refractivity contribution in [1.29, 1.82) is 0 Å². The van der Waals surface area contributed by atoms with E-state index in [9.17, 15) is 9.59 Å². The number of nitrogens with one attached hydrogen (secondary N) is 2. The van der Waals surface area contributed by atoms with Crippen molar-refractivity contribution in [3.8, 4) is 5.75 Å². The number of anilines is 2. The van der Waals surface area contributed by atoms with Gasteiger partial charge in [0.2, 0.25) is 5.91 Å². The van der Waals surface area contributed by atoms with Crippen molar-refractivity contribution >= 4 is 35.0 Å². The van der Waals surface area contributed by atoms with E-state index in [1.165, 1.54) is 11.8 Å². The van der Waals surface area contributed by atoms with Crippen molar-refractivity contribution in [1.82, 2.24) is 4.98 Å². The van der Waals surface area contributed by atoms with Crippen molar-refractivity contribution < 1.29 is 14.3 Å². The fourth-order valence-corrected chi connectivity index (χ4v) is 4.36. The van der Waals surface area contributed by atoms with Crippen LogP contribution < -0.4 is 15.4 Å². The molecule has 0 radical (unpaired) electrons. The van der Waals surface area contributed by atoms with Gasteiger partial charge in [-0.25, -0.2) is 0 Å². The molecule has 6 nitrogen and oxygen atoms in total. The molecule has 2 N–H and O–H groups in total. The number of thioether (sulfide) groups is 1. The molecule has 0 saturated heterocycles. The highest BCUT2D eigenvalue weighted by Crippen LogP contribution is 2.37. The molecule has 0 spiro atoms. The number of rotatable bonds is 8. The molecule has 1 heterocycles. The van der Waals surface area contributed by atoms with E-state index in [0.29, 0.717) is 22.7 Å². The third-order valence-electron chi connectivity index (χ3n) is 4.99. The second kappa shape index (κ2) is 11.2. The number of ether oxygens (including phenoxy) is 1. The van der Waals surface area contributed by atoms with E-state index in [4.69, 9.17) is 4.74 Å². The van der Waals surface area contributed by atoms with Gasteiger partial charge in [-0.3, -0.25) is 14.6 Å². The van der Waals surface area contributed by atoms with Gasteiger partial charge in [0.15, 0.2) is 0 Å². The smallest absolute Gasteiger partial charge is 0.255 e. The normalized spacial score (nSPS) is 11.3. The van der Waals surface area contributed by atoms with Crippen molar-refractivity contribution in [2.45, 2.75) is 10.1 Å². The van der Waals surface area contributed by atoms with Crippen LogP contribution in [0.25, 0.3) is 0 Å². The maximum absolute atomic E-state index is 13.2. The summed E-state index contributed by atoms with van der Waals surface area (Å²) in [5, 5.41) is 5.39. The lowest BCUT2D eigenvalue weighted by molar-refractivity contribution is -0.115. The maximum Gasteiger partial charge on any atom is 0.255 e. The van der Waals surface area contributed by atoms with Gasteiger partial charge in [-0.2, -0.15) is 0 Å². The SMILES string of the molecule is COc1ccc(C(=O)Nc2cccc(SC(C(=O)Nc3ccncc3)c3ccccc3)c2)cc1. The predicted molar refractivity (Wildman–Crippen MR) is 135 cm³/mol. The minimum Gasteiger partial charge on any atom is -0.497 e. The van der Waals surface area contributed by atoms with Gasteiger partial charge in [0.05, 0.1) is 7.11 Å². The zero-order valence-corrected chi connectivity index (χ0v) is 19.3. The monoisotopic (exact) mass is 469 g/mol. The Morgan fingerprint density at radius 1 is 0.824 bits per heavy atom.